The lowest BCUT2D eigenvalue weighted by atomic mass is 9.94. The van der Waals surface area contributed by atoms with E-state index in [4.69, 9.17) is 9.98 Å². The number of aliphatic imine (C=N–C) groups is 2. The minimum absolute atomic E-state index is 0.190. The van der Waals surface area contributed by atoms with Gasteiger partial charge in [0.05, 0.1) is 5.69 Å². The quantitative estimate of drug-likeness (QED) is 0.740. The molecule has 1 N–H and O–H groups in total. The molecular formula is C22H25N3OS. The van der Waals surface area contributed by atoms with Crippen molar-refractivity contribution in [3.8, 4) is 5.75 Å². The number of aryl methyl sites for hydroxylation is 2. The van der Waals surface area contributed by atoms with Gasteiger partial charge >= 0.3 is 0 Å². The standard InChI is InChI=1S/C22H25N3OS/c1-15-7-6-8-16(2)19(15)23-20-22(13-4-5-14-22)25(21(24-20)27-3)17-9-11-18(26)12-10-17/h6-12,26H,4-5,13-14H2,1-3H3. The number of nitrogens with zero attached hydrogens (tertiary/aromatic N) is 3. The Morgan fingerprint density at radius 1 is 1.04 bits per heavy atom. The Bertz CT molecular complexity index is 891. The molecule has 0 unspecified atom stereocenters. The van der Waals surface area contributed by atoms with E-state index in [2.05, 4.69) is 43.2 Å². The highest BCUT2D eigenvalue weighted by atomic mass is 32.2. The van der Waals surface area contributed by atoms with Gasteiger partial charge in [-0.3, -0.25) is 0 Å². The van der Waals surface area contributed by atoms with Gasteiger partial charge in [0.1, 0.15) is 11.3 Å². The first kappa shape index (κ1) is 18.1. The van der Waals surface area contributed by atoms with E-state index in [1.54, 1.807) is 23.9 Å². The second-order valence-electron chi connectivity index (χ2n) is 7.36. The van der Waals surface area contributed by atoms with Gasteiger partial charge in [0.2, 0.25) is 0 Å². The maximum absolute atomic E-state index is 9.71. The van der Waals surface area contributed by atoms with E-state index in [0.29, 0.717) is 0 Å². The fourth-order valence-corrected chi connectivity index (χ4v) is 4.89. The SMILES string of the molecule is CSC1=NC(=Nc2c(C)cccc2C)C2(CCCC2)N1c1ccc(O)cc1. The fourth-order valence-electron chi connectivity index (χ4n) is 4.25. The van der Waals surface area contributed by atoms with Crippen LogP contribution in [0.5, 0.6) is 5.75 Å². The van der Waals surface area contributed by atoms with E-state index in [1.807, 2.05) is 12.1 Å². The summed E-state index contributed by atoms with van der Waals surface area (Å²) < 4.78 is 0. The highest BCUT2D eigenvalue weighted by molar-refractivity contribution is 8.13. The first-order chi connectivity index (χ1) is 13.0. The molecule has 1 spiro atoms. The first-order valence-corrected chi connectivity index (χ1v) is 10.6. The molecule has 0 radical (unpaired) electrons. The molecular weight excluding hydrogens is 354 g/mol. The summed E-state index contributed by atoms with van der Waals surface area (Å²) in [5.74, 6) is 1.21. The Balaban J connectivity index is 1.86. The lowest BCUT2D eigenvalue weighted by Crippen LogP contribution is -2.49. The van der Waals surface area contributed by atoms with Crippen molar-refractivity contribution in [2.75, 3.05) is 11.2 Å². The minimum atomic E-state index is -0.190. The summed E-state index contributed by atoms with van der Waals surface area (Å²) in [5, 5.41) is 10.7. The number of anilines is 1. The summed E-state index contributed by atoms with van der Waals surface area (Å²) in [4.78, 5) is 12.4. The van der Waals surface area contributed by atoms with Crippen molar-refractivity contribution in [3.63, 3.8) is 0 Å². The average molecular weight is 380 g/mol. The third-order valence-electron chi connectivity index (χ3n) is 5.62. The van der Waals surface area contributed by atoms with Gasteiger partial charge in [-0.1, -0.05) is 42.8 Å². The molecule has 2 aromatic rings. The van der Waals surface area contributed by atoms with Gasteiger partial charge in [0, 0.05) is 5.69 Å². The van der Waals surface area contributed by atoms with Crippen LogP contribution in [0, 0.1) is 13.8 Å². The maximum atomic E-state index is 9.71. The molecule has 1 aliphatic heterocycles. The van der Waals surface area contributed by atoms with E-state index in [9.17, 15) is 5.11 Å². The summed E-state index contributed by atoms with van der Waals surface area (Å²) in [7, 11) is 0. The van der Waals surface area contributed by atoms with Crippen molar-refractivity contribution in [1.29, 1.82) is 0 Å². The van der Waals surface area contributed by atoms with Crippen LogP contribution in [0.4, 0.5) is 11.4 Å². The number of rotatable bonds is 2. The Morgan fingerprint density at radius 3 is 2.26 bits per heavy atom. The number of para-hydroxylation sites is 1. The largest absolute Gasteiger partial charge is 0.508 e. The molecule has 1 fully saturated rings. The average Bonchev–Trinajstić information content (AvgIpc) is 3.25. The predicted octanol–water partition coefficient (Wildman–Crippen LogP) is 5.59. The summed E-state index contributed by atoms with van der Waals surface area (Å²) in [6.45, 7) is 4.22. The zero-order valence-electron chi connectivity index (χ0n) is 16.1. The third kappa shape index (κ3) is 3.04. The molecule has 4 nitrogen and oxygen atoms in total. The maximum Gasteiger partial charge on any atom is 0.170 e. The molecule has 5 heteroatoms. The van der Waals surface area contributed by atoms with Crippen molar-refractivity contribution >= 4 is 34.1 Å². The van der Waals surface area contributed by atoms with E-state index in [-0.39, 0.29) is 11.3 Å². The number of benzene rings is 2. The lowest BCUT2D eigenvalue weighted by molar-refractivity contribution is 0.475. The number of thioether (sulfide) groups is 1. The monoisotopic (exact) mass is 379 g/mol. The van der Waals surface area contributed by atoms with E-state index in [0.717, 1.165) is 35.2 Å². The molecule has 0 amide bonds. The van der Waals surface area contributed by atoms with Crippen molar-refractivity contribution in [1.82, 2.24) is 0 Å². The molecule has 0 aromatic heterocycles. The van der Waals surface area contributed by atoms with Gasteiger partial charge in [-0.05, 0) is 68.3 Å². The molecule has 2 aliphatic rings. The summed E-state index contributed by atoms with van der Waals surface area (Å²) in [6, 6.07) is 13.7. The van der Waals surface area contributed by atoms with Gasteiger partial charge in [0.25, 0.3) is 0 Å². The highest BCUT2D eigenvalue weighted by Crippen LogP contribution is 2.46. The van der Waals surface area contributed by atoms with Gasteiger partial charge in [0.15, 0.2) is 11.0 Å². The van der Waals surface area contributed by atoms with Crippen LogP contribution in [0.25, 0.3) is 0 Å². The number of hydrogen-bond donors (Lipinski definition) is 1. The molecule has 0 bridgehead atoms. The normalized spacial score (nSPS) is 19.9. The van der Waals surface area contributed by atoms with Crippen LogP contribution in [0.1, 0.15) is 36.8 Å². The van der Waals surface area contributed by atoms with Crippen molar-refractivity contribution in [3.05, 3.63) is 53.6 Å². The Hall–Kier alpha value is -2.27. The molecule has 1 heterocycles. The van der Waals surface area contributed by atoms with Crippen LogP contribution in [0.3, 0.4) is 0 Å². The van der Waals surface area contributed by atoms with E-state index in [1.165, 1.54) is 24.0 Å². The number of hydrogen-bond acceptors (Lipinski definition) is 4. The van der Waals surface area contributed by atoms with Crippen LogP contribution in [0.15, 0.2) is 52.4 Å². The van der Waals surface area contributed by atoms with Crippen LogP contribution >= 0.6 is 11.8 Å². The van der Waals surface area contributed by atoms with Crippen LogP contribution in [-0.2, 0) is 0 Å². The highest BCUT2D eigenvalue weighted by Gasteiger charge is 2.50. The zero-order chi connectivity index (χ0) is 19.0. The second kappa shape index (κ2) is 7.04. The van der Waals surface area contributed by atoms with Crippen LogP contribution < -0.4 is 4.90 Å². The third-order valence-corrected chi connectivity index (χ3v) is 6.25. The summed E-state index contributed by atoms with van der Waals surface area (Å²) >= 11 is 1.66. The van der Waals surface area contributed by atoms with Crippen molar-refractivity contribution in [2.24, 2.45) is 9.98 Å². The lowest BCUT2D eigenvalue weighted by Gasteiger charge is -2.36. The molecule has 2 aromatic carbocycles. The molecule has 0 saturated heterocycles. The Kier molecular flexibility index (Phi) is 4.72. The summed E-state index contributed by atoms with van der Waals surface area (Å²) in [5.41, 5.74) is 4.27. The molecule has 4 rings (SSSR count). The summed E-state index contributed by atoms with van der Waals surface area (Å²) in [6.07, 6.45) is 6.52. The molecule has 140 valence electrons. The molecule has 1 saturated carbocycles. The van der Waals surface area contributed by atoms with Crippen LogP contribution in [-0.4, -0.2) is 27.9 Å². The number of amidine groups is 2. The van der Waals surface area contributed by atoms with Crippen molar-refractivity contribution in [2.45, 2.75) is 45.1 Å². The fraction of sp³-hybridized carbons (Fsp3) is 0.364. The number of aromatic hydroxyl groups is 1. The molecule has 1 aliphatic carbocycles. The molecule has 0 atom stereocenters. The first-order valence-electron chi connectivity index (χ1n) is 9.42. The van der Waals surface area contributed by atoms with E-state index < -0.39 is 0 Å². The number of phenols is 1. The van der Waals surface area contributed by atoms with E-state index >= 15 is 0 Å². The zero-order valence-corrected chi connectivity index (χ0v) is 16.9. The Morgan fingerprint density at radius 2 is 1.67 bits per heavy atom. The van der Waals surface area contributed by atoms with Gasteiger partial charge < -0.3 is 10.0 Å². The van der Waals surface area contributed by atoms with Crippen LogP contribution in [0.2, 0.25) is 0 Å². The van der Waals surface area contributed by atoms with Gasteiger partial charge in [-0.25, -0.2) is 9.98 Å². The Labute approximate surface area is 165 Å². The minimum Gasteiger partial charge on any atom is -0.508 e. The predicted molar refractivity (Wildman–Crippen MR) is 116 cm³/mol. The van der Waals surface area contributed by atoms with Gasteiger partial charge in [-0.2, -0.15) is 0 Å². The molecule has 27 heavy (non-hydrogen) atoms. The van der Waals surface area contributed by atoms with Gasteiger partial charge in [-0.15, -0.1) is 0 Å². The smallest absolute Gasteiger partial charge is 0.170 e. The topological polar surface area (TPSA) is 48.2 Å². The van der Waals surface area contributed by atoms with Crippen molar-refractivity contribution < 1.29 is 5.11 Å². The number of phenolic OH excluding ortho intramolecular Hbond substituents is 1. The second-order valence-corrected chi connectivity index (χ2v) is 8.14.